The number of benzene rings is 1. The minimum absolute atomic E-state index is 0. The van der Waals surface area contributed by atoms with Crippen LogP contribution in [0.15, 0.2) is 24.8 Å². The molecule has 7 heteroatoms. The van der Waals surface area contributed by atoms with Crippen LogP contribution in [0.5, 0.6) is 0 Å². The van der Waals surface area contributed by atoms with Crippen molar-refractivity contribution in [3.63, 3.8) is 0 Å². The predicted molar refractivity (Wildman–Crippen MR) is 65.5 cm³/mol. The summed E-state index contributed by atoms with van der Waals surface area (Å²) in [6.07, 6.45) is 2.01. The van der Waals surface area contributed by atoms with Gasteiger partial charge in [0.05, 0.1) is 5.75 Å². The smallest absolute Gasteiger partial charge is 0.211 e. The molecule has 0 fully saturated rings. The summed E-state index contributed by atoms with van der Waals surface area (Å²) >= 11 is 0. The van der Waals surface area contributed by atoms with Crippen molar-refractivity contribution in [3.05, 3.63) is 48.1 Å². The van der Waals surface area contributed by atoms with Gasteiger partial charge in [-0.3, -0.25) is 0 Å². The minimum atomic E-state index is -3.36. The first kappa shape index (κ1) is 18.4. The predicted octanol–water partition coefficient (Wildman–Crippen LogP) is 1.80. The second-order valence-corrected chi connectivity index (χ2v) is 5.61. The van der Waals surface area contributed by atoms with E-state index in [0.717, 1.165) is 6.07 Å². The standard InChI is InChI=1S/C12H14F2NO2S.Ti/c1-2-3-8-18(16,17)15-7-6-10-4-5-11(13)9-12(10)14;/h2,4-5,15H,1,3,6-8H2;/q-1;. The fourth-order valence-electron chi connectivity index (χ4n) is 1.32. The number of nitrogens with one attached hydrogen (secondary N) is 1. The molecule has 104 valence electrons. The maximum Gasteiger partial charge on any atom is 0.211 e. The van der Waals surface area contributed by atoms with Gasteiger partial charge in [0.1, 0.15) is 0 Å². The van der Waals surface area contributed by atoms with Crippen molar-refractivity contribution < 1.29 is 38.9 Å². The summed E-state index contributed by atoms with van der Waals surface area (Å²) in [5.41, 5.74) is 0.225. The molecule has 0 aromatic heterocycles. The maximum atomic E-state index is 13.2. The van der Waals surface area contributed by atoms with Gasteiger partial charge in [0.2, 0.25) is 10.0 Å². The Balaban J connectivity index is 0.00000324. The van der Waals surface area contributed by atoms with E-state index in [0.29, 0.717) is 6.42 Å². The summed E-state index contributed by atoms with van der Waals surface area (Å²) < 4.78 is 50.9. The van der Waals surface area contributed by atoms with Crippen molar-refractivity contribution in [2.24, 2.45) is 0 Å². The first-order chi connectivity index (χ1) is 8.44. The average Bonchev–Trinajstić information content (AvgIpc) is 2.29. The zero-order valence-corrected chi connectivity index (χ0v) is 12.6. The van der Waals surface area contributed by atoms with E-state index in [2.05, 4.69) is 11.3 Å². The van der Waals surface area contributed by atoms with Crippen LogP contribution in [0.2, 0.25) is 0 Å². The minimum Gasteiger partial charge on any atom is -0.236 e. The van der Waals surface area contributed by atoms with Crippen molar-refractivity contribution >= 4 is 10.0 Å². The van der Waals surface area contributed by atoms with Gasteiger partial charge in [-0.05, 0) is 6.42 Å². The second-order valence-electron chi connectivity index (χ2n) is 3.69. The zero-order valence-electron chi connectivity index (χ0n) is 10.2. The van der Waals surface area contributed by atoms with Crippen LogP contribution < -0.4 is 4.72 Å². The molecule has 19 heavy (non-hydrogen) atoms. The zero-order chi connectivity index (χ0) is 13.6. The molecule has 0 spiro atoms. The Bertz CT molecular complexity index is 520. The van der Waals surface area contributed by atoms with Crippen LogP contribution in [-0.4, -0.2) is 20.7 Å². The van der Waals surface area contributed by atoms with Crippen molar-refractivity contribution in [2.45, 2.75) is 12.8 Å². The molecule has 1 N–H and O–H groups in total. The Morgan fingerprint density at radius 3 is 2.63 bits per heavy atom. The third-order valence-electron chi connectivity index (χ3n) is 2.25. The molecule has 0 bridgehead atoms. The van der Waals surface area contributed by atoms with E-state index in [9.17, 15) is 17.2 Å². The van der Waals surface area contributed by atoms with Gasteiger partial charge in [-0.25, -0.2) is 21.9 Å². The summed E-state index contributed by atoms with van der Waals surface area (Å²) in [7, 11) is -3.36. The van der Waals surface area contributed by atoms with Gasteiger partial charge in [-0.15, -0.1) is 24.3 Å². The average molecular weight is 322 g/mol. The van der Waals surface area contributed by atoms with E-state index in [1.54, 1.807) is 0 Å². The van der Waals surface area contributed by atoms with Gasteiger partial charge in [0.15, 0.2) is 0 Å². The molecular formula is C12H14F2NO2STi-. The Labute approximate surface area is 127 Å². The Morgan fingerprint density at radius 2 is 2.05 bits per heavy atom. The fraction of sp³-hybridized carbons (Fsp3) is 0.333. The van der Waals surface area contributed by atoms with E-state index < -0.39 is 21.7 Å². The van der Waals surface area contributed by atoms with Gasteiger partial charge in [-0.1, -0.05) is 12.5 Å². The van der Waals surface area contributed by atoms with Gasteiger partial charge in [0.25, 0.3) is 0 Å². The molecule has 3 nitrogen and oxygen atoms in total. The molecular weight excluding hydrogens is 308 g/mol. The summed E-state index contributed by atoms with van der Waals surface area (Å²) in [6, 6.07) is 4.26. The van der Waals surface area contributed by atoms with Crippen molar-refractivity contribution in [2.75, 3.05) is 12.3 Å². The third kappa shape index (κ3) is 6.96. The molecule has 0 amide bonds. The van der Waals surface area contributed by atoms with Crippen LogP contribution >= 0.6 is 0 Å². The topological polar surface area (TPSA) is 46.2 Å². The van der Waals surface area contributed by atoms with E-state index in [1.165, 1.54) is 12.1 Å². The monoisotopic (exact) mass is 322 g/mol. The molecule has 0 saturated heterocycles. The van der Waals surface area contributed by atoms with Gasteiger partial charge in [-0.2, -0.15) is 6.07 Å². The number of hydrogen-bond acceptors (Lipinski definition) is 2. The largest absolute Gasteiger partial charge is 0.236 e. The van der Waals surface area contributed by atoms with E-state index >= 15 is 0 Å². The van der Waals surface area contributed by atoms with E-state index in [-0.39, 0.29) is 46.0 Å². The quantitative estimate of drug-likeness (QED) is 0.473. The van der Waals surface area contributed by atoms with Gasteiger partial charge < -0.3 is 0 Å². The molecule has 0 atom stereocenters. The van der Waals surface area contributed by atoms with Crippen LogP contribution in [0.25, 0.3) is 0 Å². The second kappa shape index (κ2) is 8.58. The van der Waals surface area contributed by atoms with Crippen LogP contribution in [0.4, 0.5) is 8.78 Å². The van der Waals surface area contributed by atoms with Crippen molar-refractivity contribution in [3.8, 4) is 0 Å². The first-order valence-electron chi connectivity index (χ1n) is 5.39. The van der Waals surface area contributed by atoms with Gasteiger partial charge in [0, 0.05) is 39.9 Å². The summed E-state index contributed by atoms with van der Waals surface area (Å²) in [5, 5.41) is 0. The molecule has 0 saturated carbocycles. The molecule has 1 rings (SSSR count). The maximum absolute atomic E-state index is 13.2. The number of sulfonamides is 1. The molecule has 0 unspecified atom stereocenters. The molecule has 0 aliphatic heterocycles. The van der Waals surface area contributed by atoms with Crippen LogP contribution in [0, 0.1) is 17.7 Å². The van der Waals surface area contributed by atoms with Crippen LogP contribution in [0.1, 0.15) is 12.0 Å². The summed E-state index contributed by atoms with van der Waals surface area (Å²) in [5.74, 6) is -1.61. The normalized spacial score (nSPS) is 10.8. The molecule has 1 aromatic rings. The first-order valence-corrected chi connectivity index (χ1v) is 7.04. The molecule has 1 aromatic carbocycles. The third-order valence-corrected chi connectivity index (χ3v) is 3.67. The van der Waals surface area contributed by atoms with Crippen molar-refractivity contribution in [1.82, 2.24) is 4.72 Å². The molecule has 0 radical (unpaired) electrons. The summed E-state index contributed by atoms with van der Waals surface area (Å²) in [6.45, 7) is 3.50. The van der Waals surface area contributed by atoms with E-state index in [4.69, 9.17) is 0 Å². The fourth-order valence-corrected chi connectivity index (χ4v) is 2.35. The SMILES string of the molecule is C=CCCS(=O)(=O)NCCc1ccc(F)[c-]c1F.[Ti]. The molecule has 0 aliphatic carbocycles. The van der Waals surface area contributed by atoms with Gasteiger partial charge >= 0.3 is 0 Å². The Hall–Kier alpha value is -0.556. The number of rotatable bonds is 7. The Kier molecular flexibility index (Phi) is 8.33. The molecule has 0 heterocycles. The van der Waals surface area contributed by atoms with Crippen LogP contribution in [0.3, 0.4) is 0 Å². The molecule has 0 aliphatic rings. The van der Waals surface area contributed by atoms with Crippen molar-refractivity contribution in [1.29, 1.82) is 0 Å². The Morgan fingerprint density at radius 1 is 1.37 bits per heavy atom. The number of hydrogen-bond donors (Lipinski definition) is 1. The van der Waals surface area contributed by atoms with Crippen LogP contribution in [-0.2, 0) is 38.2 Å². The number of allylic oxidation sites excluding steroid dienone is 1. The summed E-state index contributed by atoms with van der Waals surface area (Å²) in [4.78, 5) is 0. The van der Waals surface area contributed by atoms with E-state index in [1.807, 2.05) is 6.07 Å². The number of halogens is 2.